The molecule has 2 aromatic rings. The van der Waals surface area contributed by atoms with Gasteiger partial charge in [-0.05, 0) is 49.0 Å². The highest BCUT2D eigenvalue weighted by Gasteiger charge is 2.13. The molecule has 134 valence electrons. The molecule has 0 aliphatic carbocycles. The molecule has 8 heteroatoms. The zero-order valence-corrected chi connectivity index (χ0v) is 14.7. The van der Waals surface area contributed by atoms with Crippen LogP contribution in [0.5, 0.6) is 17.2 Å². The smallest absolute Gasteiger partial charge is 0.238 e. The average molecular weight is 364 g/mol. The van der Waals surface area contributed by atoms with Gasteiger partial charge in [0.2, 0.25) is 16.8 Å². The summed E-state index contributed by atoms with van der Waals surface area (Å²) in [5, 5.41) is 5.06. The van der Waals surface area contributed by atoms with Crippen LogP contribution in [0.15, 0.2) is 47.4 Å². The molecule has 25 heavy (non-hydrogen) atoms. The first-order valence-electron chi connectivity index (χ1n) is 7.74. The van der Waals surface area contributed by atoms with Crippen LogP contribution in [-0.4, -0.2) is 40.3 Å². The number of hydrogen-bond donors (Lipinski definition) is 1. The quantitative estimate of drug-likeness (QED) is 0.802. The lowest BCUT2D eigenvalue weighted by Gasteiger charge is -2.17. The van der Waals surface area contributed by atoms with Gasteiger partial charge in [0.25, 0.3) is 0 Å². The van der Waals surface area contributed by atoms with E-state index in [9.17, 15) is 8.42 Å². The highest BCUT2D eigenvalue weighted by molar-refractivity contribution is 7.89. The zero-order chi connectivity index (χ0) is 17.9. The van der Waals surface area contributed by atoms with Crippen LogP contribution in [0.4, 0.5) is 0 Å². The van der Waals surface area contributed by atoms with E-state index in [4.69, 9.17) is 19.3 Å². The molecule has 0 atom stereocenters. The molecule has 0 radical (unpaired) electrons. The molecule has 0 amide bonds. The minimum Gasteiger partial charge on any atom is -0.492 e. The van der Waals surface area contributed by atoms with Gasteiger partial charge in [-0.25, -0.2) is 13.6 Å². The Kier molecular flexibility index (Phi) is 5.12. The monoisotopic (exact) mass is 364 g/mol. The molecule has 0 saturated heterocycles. The average Bonchev–Trinajstić information content (AvgIpc) is 3.02. The number of nitrogens with two attached hydrogens (primary N) is 1. The van der Waals surface area contributed by atoms with Crippen molar-refractivity contribution < 1.29 is 22.6 Å². The predicted molar refractivity (Wildman–Crippen MR) is 92.2 cm³/mol. The first-order chi connectivity index (χ1) is 11.9. The number of nitrogens with zero attached hydrogens (tertiary/aromatic N) is 1. The minimum atomic E-state index is -3.68. The van der Waals surface area contributed by atoms with Gasteiger partial charge in [-0.3, -0.25) is 4.90 Å². The van der Waals surface area contributed by atoms with Crippen LogP contribution in [-0.2, 0) is 16.6 Å². The number of rotatable bonds is 7. The van der Waals surface area contributed by atoms with Gasteiger partial charge < -0.3 is 14.2 Å². The highest BCUT2D eigenvalue weighted by atomic mass is 32.2. The summed E-state index contributed by atoms with van der Waals surface area (Å²) < 4.78 is 38.7. The number of likely N-dealkylation sites (N-methyl/N-ethyl adjacent to an activating group) is 1. The van der Waals surface area contributed by atoms with Crippen LogP contribution in [0.2, 0.25) is 0 Å². The predicted octanol–water partition coefficient (Wildman–Crippen LogP) is 1.57. The zero-order valence-electron chi connectivity index (χ0n) is 13.8. The van der Waals surface area contributed by atoms with Crippen LogP contribution in [0.1, 0.15) is 5.56 Å². The van der Waals surface area contributed by atoms with Gasteiger partial charge in [0.05, 0.1) is 4.90 Å². The fourth-order valence-corrected chi connectivity index (χ4v) is 2.99. The van der Waals surface area contributed by atoms with Gasteiger partial charge >= 0.3 is 0 Å². The molecule has 0 aromatic heterocycles. The first kappa shape index (κ1) is 17.5. The summed E-state index contributed by atoms with van der Waals surface area (Å²) in [6.45, 7) is 2.22. The summed E-state index contributed by atoms with van der Waals surface area (Å²) in [6.07, 6.45) is 0. The fourth-order valence-electron chi connectivity index (χ4n) is 2.47. The Bertz CT molecular complexity index is 837. The molecule has 2 aromatic carbocycles. The van der Waals surface area contributed by atoms with Crippen LogP contribution in [0.3, 0.4) is 0 Å². The van der Waals surface area contributed by atoms with Gasteiger partial charge in [-0.2, -0.15) is 0 Å². The molecular formula is C17H20N2O5S. The summed E-state index contributed by atoms with van der Waals surface area (Å²) in [5.74, 6) is 2.15. The molecule has 1 aliphatic rings. The van der Waals surface area contributed by atoms with E-state index in [2.05, 4.69) is 4.90 Å². The topological polar surface area (TPSA) is 91.1 Å². The summed E-state index contributed by atoms with van der Waals surface area (Å²) in [5.41, 5.74) is 1.13. The molecule has 0 bridgehead atoms. The summed E-state index contributed by atoms with van der Waals surface area (Å²) >= 11 is 0. The SMILES string of the molecule is CN(CCOc1ccc(S(N)(=O)=O)cc1)Cc1ccc2c(c1)OCO2. The van der Waals surface area contributed by atoms with E-state index >= 15 is 0 Å². The molecule has 0 spiro atoms. The van der Waals surface area contributed by atoms with Gasteiger partial charge in [-0.1, -0.05) is 6.07 Å². The molecule has 7 nitrogen and oxygen atoms in total. The second-order valence-electron chi connectivity index (χ2n) is 5.79. The third-order valence-corrected chi connectivity index (χ3v) is 4.71. The van der Waals surface area contributed by atoms with Crippen molar-refractivity contribution in [3.8, 4) is 17.2 Å². The van der Waals surface area contributed by atoms with E-state index < -0.39 is 10.0 Å². The van der Waals surface area contributed by atoms with Gasteiger partial charge in [0.15, 0.2) is 11.5 Å². The highest BCUT2D eigenvalue weighted by Crippen LogP contribution is 2.32. The number of benzene rings is 2. The molecule has 3 rings (SSSR count). The van der Waals surface area contributed by atoms with Crippen molar-refractivity contribution in [1.29, 1.82) is 0 Å². The van der Waals surface area contributed by atoms with Crippen molar-refractivity contribution in [2.45, 2.75) is 11.4 Å². The third-order valence-electron chi connectivity index (χ3n) is 3.78. The van der Waals surface area contributed by atoms with E-state index in [0.717, 1.165) is 23.6 Å². The van der Waals surface area contributed by atoms with E-state index in [1.165, 1.54) is 12.1 Å². The molecule has 1 aliphatic heterocycles. The summed E-state index contributed by atoms with van der Waals surface area (Å²) in [4.78, 5) is 2.19. The third kappa shape index (κ3) is 4.62. The second kappa shape index (κ2) is 7.30. The van der Waals surface area contributed by atoms with Crippen molar-refractivity contribution in [2.75, 3.05) is 27.0 Å². The molecule has 0 fully saturated rings. The fraction of sp³-hybridized carbons (Fsp3) is 0.294. The molecule has 0 saturated carbocycles. The maximum absolute atomic E-state index is 11.2. The van der Waals surface area contributed by atoms with Crippen LogP contribution in [0.25, 0.3) is 0 Å². The normalized spacial score (nSPS) is 13.2. The van der Waals surface area contributed by atoms with E-state index in [-0.39, 0.29) is 11.7 Å². The van der Waals surface area contributed by atoms with Gasteiger partial charge in [-0.15, -0.1) is 0 Å². The summed E-state index contributed by atoms with van der Waals surface area (Å²) in [7, 11) is -1.68. The Labute approximate surface area is 147 Å². The van der Waals surface area contributed by atoms with Crippen molar-refractivity contribution in [3.05, 3.63) is 48.0 Å². The van der Waals surface area contributed by atoms with Crippen molar-refractivity contribution in [2.24, 2.45) is 5.14 Å². The number of hydrogen-bond acceptors (Lipinski definition) is 6. The number of primary sulfonamides is 1. The standard InChI is InChI=1S/C17H20N2O5S/c1-19(11-13-2-7-16-17(10-13)24-12-23-16)8-9-22-14-3-5-15(6-4-14)25(18,20)21/h2-7,10H,8-9,11-12H2,1H3,(H2,18,20,21). The lowest BCUT2D eigenvalue weighted by molar-refractivity contribution is 0.174. The Morgan fingerprint density at radius 2 is 1.84 bits per heavy atom. The van der Waals surface area contributed by atoms with E-state index in [1.807, 2.05) is 25.2 Å². The minimum absolute atomic E-state index is 0.0692. The molecule has 2 N–H and O–H groups in total. The Balaban J connectivity index is 1.47. The lowest BCUT2D eigenvalue weighted by atomic mass is 10.2. The van der Waals surface area contributed by atoms with Crippen LogP contribution in [0, 0.1) is 0 Å². The Morgan fingerprint density at radius 1 is 1.12 bits per heavy atom. The number of fused-ring (bicyclic) bond motifs is 1. The van der Waals surface area contributed by atoms with E-state index in [1.54, 1.807) is 12.1 Å². The van der Waals surface area contributed by atoms with Crippen molar-refractivity contribution in [3.63, 3.8) is 0 Å². The lowest BCUT2D eigenvalue weighted by Crippen LogP contribution is -2.23. The van der Waals surface area contributed by atoms with Crippen molar-refractivity contribution >= 4 is 10.0 Å². The van der Waals surface area contributed by atoms with Crippen LogP contribution >= 0.6 is 0 Å². The number of ether oxygens (including phenoxy) is 3. The van der Waals surface area contributed by atoms with E-state index in [0.29, 0.717) is 18.9 Å². The number of sulfonamides is 1. The van der Waals surface area contributed by atoms with Gasteiger partial charge in [0.1, 0.15) is 12.4 Å². The second-order valence-corrected chi connectivity index (χ2v) is 7.35. The largest absolute Gasteiger partial charge is 0.492 e. The summed E-state index contributed by atoms with van der Waals surface area (Å²) in [6, 6.07) is 12.0. The molecule has 0 unspecified atom stereocenters. The van der Waals surface area contributed by atoms with Gasteiger partial charge in [0, 0.05) is 13.1 Å². The van der Waals surface area contributed by atoms with Crippen LogP contribution < -0.4 is 19.3 Å². The first-order valence-corrected chi connectivity index (χ1v) is 9.29. The maximum atomic E-state index is 11.2. The van der Waals surface area contributed by atoms with Crippen molar-refractivity contribution in [1.82, 2.24) is 4.90 Å². The Hall–Kier alpha value is -2.29. The Morgan fingerprint density at radius 3 is 2.56 bits per heavy atom. The molecule has 1 heterocycles. The maximum Gasteiger partial charge on any atom is 0.238 e. The molecular weight excluding hydrogens is 344 g/mol.